The highest BCUT2D eigenvalue weighted by Gasteiger charge is 2.09. The fraction of sp³-hybridized carbons (Fsp3) is 0.417. The van der Waals surface area contributed by atoms with E-state index in [4.69, 9.17) is 4.74 Å². The number of nitrogens with one attached hydrogen (secondary N) is 1. The topological polar surface area (TPSA) is 58.6 Å². The van der Waals surface area contributed by atoms with Crippen LogP contribution in [0.25, 0.3) is 0 Å². The van der Waals surface area contributed by atoms with Crippen molar-refractivity contribution in [2.75, 3.05) is 5.32 Å². The van der Waals surface area contributed by atoms with E-state index in [-0.39, 0.29) is 12.7 Å². The van der Waals surface area contributed by atoms with Gasteiger partial charge in [-0.15, -0.1) is 0 Å². The van der Waals surface area contributed by atoms with Crippen LogP contribution in [0.2, 0.25) is 0 Å². The van der Waals surface area contributed by atoms with Gasteiger partial charge in [0.25, 0.3) is 0 Å². The maximum Gasteiger partial charge on any atom is 0.411 e. The quantitative estimate of drug-likeness (QED) is 0.827. The van der Waals surface area contributed by atoms with Gasteiger partial charge in [-0.25, -0.2) is 4.79 Å². The zero-order chi connectivity index (χ0) is 12.1. The largest absolute Gasteiger partial charge is 0.447 e. The maximum absolute atomic E-state index is 11.4. The predicted octanol–water partition coefficient (Wildman–Crippen LogP) is 2.44. The molecule has 0 saturated carbocycles. The lowest BCUT2D eigenvalue weighted by molar-refractivity contribution is 0.130. The van der Waals surface area contributed by atoms with Crippen molar-refractivity contribution in [3.63, 3.8) is 0 Å². The van der Waals surface area contributed by atoms with Crippen molar-refractivity contribution in [1.82, 2.24) is 0 Å². The van der Waals surface area contributed by atoms with Crippen molar-refractivity contribution in [2.45, 2.75) is 33.5 Å². The smallest absolute Gasteiger partial charge is 0.411 e. The summed E-state index contributed by atoms with van der Waals surface area (Å²) in [5, 5.41) is 11.8. The van der Waals surface area contributed by atoms with Crippen LogP contribution in [0.5, 0.6) is 0 Å². The highest BCUT2D eigenvalue weighted by atomic mass is 16.6. The van der Waals surface area contributed by atoms with Gasteiger partial charge in [-0.2, -0.15) is 0 Å². The molecule has 1 amide bonds. The van der Waals surface area contributed by atoms with Gasteiger partial charge in [-0.05, 0) is 32.4 Å². The lowest BCUT2D eigenvalue weighted by Crippen LogP contribution is -2.19. The summed E-state index contributed by atoms with van der Waals surface area (Å²) >= 11 is 0. The molecule has 4 heteroatoms. The second-order valence-corrected chi connectivity index (χ2v) is 3.84. The van der Waals surface area contributed by atoms with Crippen molar-refractivity contribution in [2.24, 2.45) is 0 Å². The van der Waals surface area contributed by atoms with Gasteiger partial charge in [0.05, 0.1) is 12.7 Å². The number of benzene rings is 1. The number of hydrogen-bond donors (Lipinski definition) is 2. The molecule has 0 spiro atoms. The second kappa shape index (κ2) is 5.51. The van der Waals surface area contributed by atoms with Crippen molar-refractivity contribution in [1.29, 1.82) is 0 Å². The van der Waals surface area contributed by atoms with Gasteiger partial charge in [-0.3, -0.25) is 5.32 Å². The van der Waals surface area contributed by atoms with E-state index < -0.39 is 6.09 Å². The number of anilines is 1. The molecule has 0 unspecified atom stereocenters. The average Bonchev–Trinajstić information content (AvgIpc) is 2.16. The van der Waals surface area contributed by atoms with Gasteiger partial charge in [0, 0.05) is 11.3 Å². The first-order valence-corrected chi connectivity index (χ1v) is 5.21. The summed E-state index contributed by atoms with van der Waals surface area (Å²) in [6.07, 6.45) is -0.669. The van der Waals surface area contributed by atoms with Gasteiger partial charge in [0.1, 0.15) is 0 Å². The third kappa shape index (κ3) is 3.24. The standard InChI is InChI=1S/C12H17NO3/c1-8(2)16-12(15)13-11-6-4-5-9(3)10(11)7-14/h4-6,8,14H,7H2,1-3H3,(H,13,15). The number of hydrogen-bond acceptors (Lipinski definition) is 3. The highest BCUT2D eigenvalue weighted by Crippen LogP contribution is 2.19. The van der Waals surface area contributed by atoms with Crippen LogP contribution in [0.1, 0.15) is 25.0 Å². The molecule has 0 atom stereocenters. The molecular formula is C12H17NO3. The molecule has 0 aliphatic rings. The van der Waals surface area contributed by atoms with Crippen LogP contribution < -0.4 is 5.32 Å². The molecule has 0 aliphatic heterocycles. The van der Waals surface area contributed by atoms with E-state index in [2.05, 4.69) is 5.32 Å². The molecular weight excluding hydrogens is 206 g/mol. The molecule has 0 saturated heterocycles. The second-order valence-electron chi connectivity index (χ2n) is 3.84. The van der Waals surface area contributed by atoms with E-state index in [1.165, 1.54) is 0 Å². The minimum Gasteiger partial charge on any atom is -0.447 e. The molecule has 1 aromatic carbocycles. The molecule has 0 aliphatic carbocycles. The first-order valence-electron chi connectivity index (χ1n) is 5.21. The number of carbonyl (C=O) groups is 1. The fourth-order valence-electron chi connectivity index (χ4n) is 1.38. The Morgan fingerprint density at radius 3 is 2.75 bits per heavy atom. The molecule has 0 fully saturated rings. The Morgan fingerprint density at radius 2 is 2.19 bits per heavy atom. The first-order chi connectivity index (χ1) is 7.54. The number of ether oxygens (including phenoxy) is 1. The summed E-state index contributed by atoms with van der Waals surface area (Å²) < 4.78 is 4.96. The van der Waals surface area contributed by atoms with Gasteiger partial charge in [0.2, 0.25) is 0 Å². The van der Waals surface area contributed by atoms with Crippen LogP contribution in [-0.2, 0) is 11.3 Å². The predicted molar refractivity (Wildman–Crippen MR) is 62.3 cm³/mol. The molecule has 0 bridgehead atoms. The monoisotopic (exact) mass is 223 g/mol. The van der Waals surface area contributed by atoms with Crippen LogP contribution in [0, 0.1) is 6.92 Å². The minimum atomic E-state index is -0.504. The molecule has 88 valence electrons. The van der Waals surface area contributed by atoms with Crippen molar-refractivity contribution < 1.29 is 14.6 Å². The van der Waals surface area contributed by atoms with Gasteiger partial charge in [-0.1, -0.05) is 12.1 Å². The molecule has 0 radical (unpaired) electrons. The molecule has 0 heterocycles. The Bertz CT molecular complexity index is 375. The minimum absolute atomic E-state index is 0.107. The van der Waals surface area contributed by atoms with E-state index in [9.17, 15) is 9.90 Å². The van der Waals surface area contributed by atoms with Crippen molar-refractivity contribution in [3.8, 4) is 0 Å². The number of carbonyl (C=O) groups excluding carboxylic acids is 1. The van der Waals surface area contributed by atoms with E-state index >= 15 is 0 Å². The molecule has 1 rings (SSSR count). The van der Waals surface area contributed by atoms with Gasteiger partial charge < -0.3 is 9.84 Å². The Labute approximate surface area is 95.2 Å². The van der Waals surface area contributed by atoms with Crippen molar-refractivity contribution in [3.05, 3.63) is 29.3 Å². The van der Waals surface area contributed by atoms with Crippen LogP contribution in [0.15, 0.2) is 18.2 Å². The highest BCUT2D eigenvalue weighted by molar-refractivity contribution is 5.86. The molecule has 16 heavy (non-hydrogen) atoms. The number of aryl methyl sites for hydroxylation is 1. The van der Waals surface area contributed by atoms with Crippen LogP contribution in [0.3, 0.4) is 0 Å². The number of rotatable bonds is 3. The normalized spacial score (nSPS) is 10.3. The lowest BCUT2D eigenvalue weighted by atomic mass is 10.1. The number of aliphatic hydroxyl groups excluding tert-OH is 1. The average molecular weight is 223 g/mol. The number of amides is 1. The maximum atomic E-state index is 11.4. The molecule has 1 aromatic rings. The number of aliphatic hydroxyl groups is 1. The molecule has 0 aromatic heterocycles. The Kier molecular flexibility index (Phi) is 4.31. The Balaban J connectivity index is 2.81. The Hall–Kier alpha value is -1.55. The summed E-state index contributed by atoms with van der Waals surface area (Å²) in [7, 11) is 0. The van der Waals surface area contributed by atoms with E-state index in [1.54, 1.807) is 19.9 Å². The molecule has 2 N–H and O–H groups in total. The van der Waals surface area contributed by atoms with Crippen LogP contribution in [0.4, 0.5) is 10.5 Å². The fourth-order valence-corrected chi connectivity index (χ4v) is 1.38. The van der Waals surface area contributed by atoms with Crippen LogP contribution in [-0.4, -0.2) is 17.3 Å². The van der Waals surface area contributed by atoms with E-state index in [1.807, 2.05) is 19.1 Å². The van der Waals surface area contributed by atoms with Gasteiger partial charge in [0.15, 0.2) is 0 Å². The first kappa shape index (κ1) is 12.5. The van der Waals surface area contributed by atoms with Crippen molar-refractivity contribution >= 4 is 11.8 Å². The third-order valence-electron chi connectivity index (χ3n) is 2.15. The van der Waals surface area contributed by atoms with E-state index in [0.29, 0.717) is 11.3 Å². The summed E-state index contributed by atoms with van der Waals surface area (Å²) in [5.41, 5.74) is 2.24. The van der Waals surface area contributed by atoms with Gasteiger partial charge >= 0.3 is 6.09 Å². The zero-order valence-corrected chi connectivity index (χ0v) is 9.78. The summed E-state index contributed by atoms with van der Waals surface area (Å²) in [6.45, 7) is 5.33. The molecule has 4 nitrogen and oxygen atoms in total. The summed E-state index contributed by atoms with van der Waals surface area (Å²) in [4.78, 5) is 11.4. The Morgan fingerprint density at radius 1 is 1.50 bits per heavy atom. The zero-order valence-electron chi connectivity index (χ0n) is 9.78. The van der Waals surface area contributed by atoms with Crippen LogP contribution >= 0.6 is 0 Å². The van der Waals surface area contributed by atoms with E-state index in [0.717, 1.165) is 5.56 Å². The SMILES string of the molecule is Cc1cccc(NC(=O)OC(C)C)c1CO. The lowest BCUT2D eigenvalue weighted by Gasteiger charge is -2.13. The summed E-state index contributed by atoms with van der Waals surface area (Å²) in [6, 6.07) is 5.43. The summed E-state index contributed by atoms with van der Waals surface area (Å²) in [5.74, 6) is 0. The third-order valence-corrected chi connectivity index (χ3v) is 2.15.